The molecular formula is C27H34Cl2N2O2S. The Labute approximate surface area is 217 Å². The average Bonchev–Trinajstić information content (AvgIpc) is 2.78. The van der Waals surface area contributed by atoms with E-state index in [9.17, 15) is 9.59 Å². The lowest BCUT2D eigenvalue weighted by Crippen LogP contribution is -2.50. The first-order valence-corrected chi connectivity index (χ1v) is 13.8. The molecule has 2 amide bonds. The molecule has 0 bridgehead atoms. The van der Waals surface area contributed by atoms with Gasteiger partial charge in [-0.05, 0) is 51.3 Å². The van der Waals surface area contributed by atoms with E-state index in [1.165, 1.54) is 23.1 Å². The van der Waals surface area contributed by atoms with Crippen molar-refractivity contribution in [3.63, 3.8) is 0 Å². The van der Waals surface area contributed by atoms with Crippen LogP contribution in [0.1, 0.15) is 61.3 Å². The first kappa shape index (κ1) is 26.9. The number of benzene rings is 2. The summed E-state index contributed by atoms with van der Waals surface area (Å²) in [5.41, 5.74) is 4.28. The third-order valence-corrected chi connectivity index (χ3v) is 7.98. The zero-order valence-electron chi connectivity index (χ0n) is 20.2. The normalized spacial score (nSPS) is 15.1. The number of nitrogens with zero attached hydrogens (tertiary/aromatic N) is 1. The standard InChI is InChI=1S/C27H34Cl2N2O2S/c1-18-12-19(2)14-21(13-18)16-34-17-26(32)31(15-23-24(28)10-7-11-25(23)29)20(3)27(33)30-22-8-5-4-6-9-22/h7,10-14,20,22H,4-6,8-9,15-17H2,1-3H3,(H,30,33)/t20-/m0/s1. The van der Waals surface area contributed by atoms with Gasteiger partial charge in [0, 0.05) is 33.9 Å². The number of aryl methyl sites for hydroxylation is 2. The fourth-order valence-electron chi connectivity index (χ4n) is 4.50. The Bertz CT molecular complexity index is 968. The van der Waals surface area contributed by atoms with Gasteiger partial charge in [0.2, 0.25) is 11.8 Å². The lowest BCUT2D eigenvalue weighted by Gasteiger charge is -2.31. The number of hydrogen-bond acceptors (Lipinski definition) is 3. The van der Waals surface area contributed by atoms with Crippen molar-refractivity contribution >= 4 is 46.8 Å². The van der Waals surface area contributed by atoms with Crippen LogP contribution in [0.3, 0.4) is 0 Å². The van der Waals surface area contributed by atoms with E-state index in [-0.39, 0.29) is 30.2 Å². The molecule has 184 valence electrons. The van der Waals surface area contributed by atoms with E-state index in [4.69, 9.17) is 23.2 Å². The monoisotopic (exact) mass is 520 g/mol. The van der Waals surface area contributed by atoms with Crippen LogP contribution in [0.2, 0.25) is 10.0 Å². The van der Waals surface area contributed by atoms with Gasteiger partial charge in [-0.25, -0.2) is 0 Å². The molecular weight excluding hydrogens is 487 g/mol. The van der Waals surface area contributed by atoms with Crippen molar-refractivity contribution in [2.24, 2.45) is 0 Å². The fourth-order valence-corrected chi connectivity index (χ4v) is 5.86. The molecule has 0 aromatic heterocycles. The van der Waals surface area contributed by atoms with E-state index in [1.807, 2.05) is 0 Å². The fraction of sp³-hybridized carbons (Fsp3) is 0.481. The van der Waals surface area contributed by atoms with Crippen molar-refractivity contribution in [1.29, 1.82) is 0 Å². The Kier molecular flexibility index (Phi) is 10.2. The molecule has 1 aliphatic rings. The molecule has 0 spiro atoms. The minimum absolute atomic E-state index is 0.100. The van der Waals surface area contributed by atoms with Gasteiger partial charge < -0.3 is 10.2 Å². The van der Waals surface area contributed by atoms with Crippen LogP contribution in [0, 0.1) is 13.8 Å². The topological polar surface area (TPSA) is 49.4 Å². The molecule has 1 aliphatic carbocycles. The van der Waals surface area contributed by atoms with Gasteiger partial charge in [0.1, 0.15) is 6.04 Å². The van der Waals surface area contributed by atoms with Gasteiger partial charge in [-0.2, -0.15) is 0 Å². The summed E-state index contributed by atoms with van der Waals surface area (Å²) >= 11 is 14.4. The van der Waals surface area contributed by atoms with E-state index < -0.39 is 6.04 Å². The van der Waals surface area contributed by atoms with E-state index in [1.54, 1.807) is 41.8 Å². The maximum absolute atomic E-state index is 13.4. The van der Waals surface area contributed by atoms with Gasteiger partial charge in [-0.3, -0.25) is 9.59 Å². The van der Waals surface area contributed by atoms with Crippen LogP contribution < -0.4 is 5.32 Å². The number of carbonyl (C=O) groups excluding carboxylic acids is 2. The Morgan fingerprint density at radius 2 is 1.68 bits per heavy atom. The number of rotatable bonds is 9. The zero-order chi connectivity index (χ0) is 24.7. The van der Waals surface area contributed by atoms with E-state index in [0.29, 0.717) is 15.6 Å². The first-order valence-electron chi connectivity index (χ1n) is 11.9. The highest BCUT2D eigenvalue weighted by atomic mass is 35.5. The Morgan fingerprint density at radius 3 is 2.29 bits per heavy atom. The second kappa shape index (κ2) is 12.9. The van der Waals surface area contributed by atoms with E-state index in [0.717, 1.165) is 31.4 Å². The lowest BCUT2D eigenvalue weighted by atomic mass is 9.95. The van der Waals surface area contributed by atoms with Crippen LogP contribution in [0.15, 0.2) is 36.4 Å². The van der Waals surface area contributed by atoms with Crippen molar-refractivity contribution in [1.82, 2.24) is 10.2 Å². The number of hydrogen-bond donors (Lipinski definition) is 1. The van der Waals surface area contributed by atoms with Crippen LogP contribution in [-0.2, 0) is 21.9 Å². The van der Waals surface area contributed by atoms with Gasteiger partial charge in [-0.1, -0.05) is 77.9 Å². The Hall–Kier alpha value is -1.69. The third-order valence-electron chi connectivity index (χ3n) is 6.28. The molecule has 0 heterocycles. The number of nitrogens with one attached hydrogen (secondary N) is 1. The smallest absolute Gasteiger partial charge is 0.242 e. The molecule has 1 saturated carbocycles. The average molecular weight is 522 g/mol. The molecule has 2 aromatic rings. The van der Waals surface area contributed by atoms with Crippen molar-refractivity contribution in [3.05, 3.63) is 68.7 Å². The first-order chi connectivity index (χ1) is 16.2. The molecule has 2 aromatic carbocycles. The SMILES string of the molecule is Cc1cc(C)cc(CSCC(=O)N(Cc2c(Cl)cccc2Cl)[C@@H](C)C(=O)NC2CCCCC2)c1. The van der Waals surface area contributed by atoms with Crippen LogP contribution in [0.4, 0.5) is 0 Å². The van der Waals surface area contributed by atoms with Crippen LogP contribution in [-0.4, -0.2) is 34.6 Å². The molecule has 0 radical (unpaired) electrons. The van der Waals surface area contributed by atoms with Crippen LogP contribution in [0.5, 0.6) is 0 Å². The van der Waals surface area contributed by atoms with Crippen molar-refractivity contribution in [2.75, 3.05) is 5.75 Å². The largest absolute Gasteiger partial charge is 0.352 e. The highest BCUT2D eigenvalue weighted by Gasteiger charge is 2.29. The van der Waals surface area contributed by atoms with E-state index in [2.05, 4.69) is 37.4 Å². The zero-order valence-corrected chi connectivity index (χ0v) is 22.5. The van der Waals surface area contributed by atoms with Gasteiger partial charge in [0.05, 0.1) is 5.75 Å². The Balaban J connectivity index is 1.71. The summed E-state index contributed by atoms with van der Waals surface area (Å²) in [5.74, 6) is 0.785. The molecule has 7 heteroatoms. The number of amides is 2. The molecule has 4 nitrogen and oxygen atoms in total. The molecule has 0 aliphatic heterocycles. The molecule has 1 N–H and O–H groups in total. The van der Waals surface area contributed by atoms with Crippen molar-refractivity contribution in [2.45, 2.75) is 77.3 Å². The molecule has 34 heavy (non-hydrogen) atoms. The second-order valence-corrected chi connectivity index (χ2v) is 11.0. The molecule has 1 atom stereocenters. The quantitative estimate of drug-likeness (QED) is 0.399. The van der Waals surface area contributed by atoms with Gasteiger partial charge in [0.15, 0.2) is 0 Å². The number of halogens is 2. The molecule has 3 rings (SSSR count). The van der Waals surface area contributed by atoms with Gasteiger partial charge in [-0.15, -0.1) is 11.8 Å². The highest BCUT2D eigenvalue weighted by Crippen LogP contribution is 2.27. The summed E-state index contributed by atoms with van der Waals surface area (Å²) in [5, 5.41) is 4.14. The molecule has 0 saturated heterocycles. The second-order valence-electron chi connectivity index (χ2n) is 9.23. The van der Waals surface area contributed by atoms with Crippen molar-refractivity contribution < 1.29 is 9.59 Å². The lowest BCUT2D eigenvalue weighted by molar-refractivity contribution is -0.139. The van der Waals surface area contributed by atoms with Gasteiger partial charge >= 0.3 is 0 Å². The van der Waals surface area contributed by atoms with Crippen LogP contribution in [0.25, 0.3) is 0 Å². The molecule has 0 unspecified atom stereocenters. The minimum Gasteiger partial charge on any atom is -0.352 e. The Morgan fingerprint density at radius 1 is 1.06 bits per heavy atom. The van der Waals surface area contributed by atoms with Crippen LogP contribution >= 0.6 is 35.0 Å². The predicted octanol–water partition coefficient (Wildman–Crippen LogP) is 6.71. The third kappa shape index (κ3) is 7.66. The minimum atomic E-state index is -0.622. The summed E-state index contributed by atoms with van der Waals surface area (Å²) in [6, 6.07) is 11.3. The number of carbonyl (C=O) groups is 2. The molecule has 1 fully saturated rings. The summed E-state index contributed by atoms with van der Waals surface area (Å²) in [6.07, 6.45) is 5.47. The predicted molar refractivity (Wildman–Crippen MR) is 144 cm³/mol. The summed E-state index contributed by atoms with van der Waals surface area (Å²) in [6.45, 7) is 6.14. The van der Waals surface area contributed by atoms with Crippen molar-refractivity contribution in [3.8, 4) is 0 Å². The highest BCUT2D eigenvalue weighted by molar-refractivity contribution is 7.99. The maximum Gasteiger partial charge on any atom is 0.242 e. The van der Waals surface area contributed by atoms with Gasteiger partial charge in [0.25, 0.3) is 0 Å². The summed E-state index contributed by atoms with van der Waals surface area (Å²) in [4.78, 5) is 28.1. The number of thioether (sulfide) groups is 1. The summed E-state index contributed by atoms with van der Waals surface area (Å²) < 4.78 is 0. The maximum atomic E-state index is 13.4. The summed E-state index contributed by atoms with van der Waals surface area (Å²) in [7, 11) is 0. The van der Waals surface area contributed by atoms with E-state index >= 15 is 0 Å².